The van der Waals surface area contributed by atoms with Crippen LogP contribution in [0.2, 0.25) is 0 Å². The zero-order valence-corrected chi connectivity index (χ0v) is 12.6. The summed E-state index contributed by atoms with van der Waals surface area (Å²) in [5, 5.41) is 0.216. The van der Waals surface area contributed by atoms with Crippen molar-refractivity contribution in [1.82, 2.24) is 0 Å². The Balaban J connectivity index is 2.38. The molecule has 0 aliphatic heterocycles. The molecule has 0 saturated heterocycles. The van der Waals surface area contributed by atoms with Gasteiger partial charge in [0.2, 0.25) is 0 Å². The maximum atomic E-state index is 10.9. The molecule has 1 rings (SSSR count). The molecule has 18 heavy (non-hydrogen) atoms. The van der Waals surface area contributed by atoms with E-state index >= 15 is 0 Å². The Hall–Kier alpha value is -1.03. The van der Waals surface area contributed by atoms with E-state index in [0.717, 1.165) is 5.75 Å². The fourth-order valence-electron chi connectivity index (χ4n) is 1.40. The van der Waals surface area contributed by atoms with Crippen LogP contribution in [0, 0.1) is 0 Å². The summed E-state index contributed by atoms with van der Waals surface area (Å²) < 4.78 is 10.4. The number of carbonyl (C=O) groups excluding carboxylic acids is 1. The van der Waals surface area contributed by atoms with Crippen molar-refractivity contribution in [1.29, 1.82) is 0 Å². The van der Waals surface area contributed by atoms with Crippen LogP contribution >= 0.6 is 15.9 Å². The van der Waals surface area contributed by atoms with Crippen molar-refractivity contribution < 1.29 is 14.3 Å². The highest BCUT2D eigenvalue weighted by Gasteiger charge is 2.12. The van der Waals surface area contributed by atoms with E-state index in [1.165, 1.54) is 5.56 Å². The monoisotopic (exact) mass is 314 g/mol. The summed E-state index contributed by atoms with van der Waals surface area (Å²) in [6.45, 7) is 7.15. The minimum absolute atomic E-state index is 0.143. The highest BCUT2D eigenvalue weighted by atomic mass is 79.9. The number of hydrogen-bond acceptors (Lipinski definition) is 3. The lowest BCUT2D eigenvalue weighted by molar-refractivity contribution is -0.141. The molecule has 0 amide bonds. The van der Waals surface area contributed by atoms with Gasteiger partial charge in [-0.05, 0) is 23.1 Å². The maximum Gasteiger partial charge on any atom is 0.316 e. The first-order valence-electron chi connectivity index (χ1n) is 5.88. The predicted octanol–water partition coefficient (Wildman–Crippen LogP) is 3.30. The number of alkyl halides is 1. The molecule has 0 aliphatic carbocycles. The summed E-state index contributed by atoms with van der Waals surface area (Å²) in [7, 11) is 0. The van der Waals surface area contributed by atoms with Gasteiger partial charge in [-0.2, -0.15) is 0 Å². The van der Waals surface area contributed by atoms with Gasteiger partial charge in [0, 0.05) is 0 Å². The Morgan fingerprint density at radius 2 is 1.78 bits per heavy atom. The molecule has 4 heteroatoms. The van der Waals surface area contributed by atoms with E-state index in [-0.39, 0.29) is 23.3 Å². The molecule has 1 aromatic carbocycles. The first kappa shape index (κ1) is 15.0. The van der Waals surface area contributed by atoms with E-state index in [4.69, 9.17) is 9.47 Å². The normalized spacial score (nSPS) is 11.1. The molecular formula is C14H19BrO3. The van der Waals surface area contributed by atoms with Gasteiger partial charge in [0.05, 0.1) is 0 Å². The van der Waals surface area contributed by atoms with Gasteiger partial charge >= 0.3 is 5.97 Å². The highest BCUT2D eigenvalue weighted by molar-refractivity contribution is 9.09. The van der Waals surface area contributed by atoms with Gasteiger partial charge in [-0.3, -0.25) is 4.79 Å². The van der Waals surface area contributed by atoms with Gasteiger partial charge in [-0.25, -0.2) is 0 Å². The van der Waals surface area contributed by atoms with Crippen molar-refractivity contribution in [3.63, 3.8) is 0 Å². The van der Waals surface area contributed by atoms with Crippen LogP contribution in [0.25, 0.3) is 0 Å². The Morgan fingerprint density at radius 1 is 1.17 bits per heavy atom. The fraction of sp³-hybridized carbons (Fsp3) is 0.500. The topological polar surface area (TPSA) is 35.5 Å². The molecule has 0 aromatic heterocycles. The molecule has 3 nitrogen and oxygen atoms in total. The van der Waals surface area contributed by atoms with Crippen molar-refractivity contribution in [3.8, 4) is 5.75 Å². The number of halogens is 1. The van der Waals surface area contributed by atoms with Crippen LogP contribution in [-0.2, 0) is 14.9 Å². The van der Waals surface area contributed by atoms with Crippen LogP contribution in [-0.4, -0.2) is 24.5 Å². The van der Waals surface area contributed by atoms with Gasteiger partial charge < -0.3 is 9.47 Å². The second kappa shape index (κ2) is 6.78. The number of carbonyl (C=O) groups is 1. The molecule has 0 heterocycles. The summed E-state index contributed by atoms with van der Waals surface area (Å²) in [6.07, 6.45) is 0. The molecule has 0 fully saturated rings. The van der Waals surface area contributed by atoms with Crippen molar-refractivity contribution in [3.05, 3.63) is 29.8 Å². The Morgan fingerprint density at radius 3 is 2.28 bits per heavy atom. The summed E-state index contributed by atoms with van der Waals surface area (Å²) in [5.41, 5.74) is 1.41. The van der Waals surface area contributed by atoms with E-state index < -0.39 is 0 Å². The summed E-state index contributed by atoms with van der Waals surface area (Å²) in [4.78, 5) is 10.9. The standard InChI is InChI=1S/C14H19BrO3/c1-14(2,3)11-4-6-12(7-5-11)17-8-9-18-13(16)10-15/h4-7H,8-10H2,1-3H3. The Bertz CT molecular complexity index is 379. The molecule has 0 aliphatic rings. The first-order valence-corrected chi connectivity index (χ1v) is 7.00. The third-order valence-electron chi connectivity index (χ3n) is 2.44. The molecule has 0 saturated carbocycles. The van der Waals surface area contributed by atoms with Gasteiger partial charge in [-0.15, -0.1) is 0 Å². The van der Waals surface area contributed by atoms with Crippen molar-refractivity contribution in [2.75, 3.05) is 18.5 Å². The average Bonchev–Trinajstić information content (AvgIpc) is 2.33. The van der Waals surface area contributed by atoms with Crippen molar-refractivity contribution in [2.24, 2.45) is 0 Å². The lowest BCUT2D eigenvalue weighted by Gasteiger charge is -2.19. The second-order valence-electron chi connectivity index (χ2n) is 4.98. The number of rotatable bonds is 5. The van der Waals surface area contributed by atoms with Crippen molar-refractivity contribution in [2.45, 2.75) is 26.2 Å². The molecule has 0 radical (unpaired) electrons. The van der Waals surface area contributed by atoms with E-state index in [9.17, 15) is 4.79 Å². The number of ether oxygens (including phenoxy) is 2. The largest absolute Gasteiger partial charge is 0.490 e. The van der Waals surface area contributed by atoms with Crippen LogP contribution in [0.1, 0.15) is 26.3 Å². The van der Waals surface area contributed by atoms with Gasteiger partial charge in [0.25, 0.3) is 0 Å². The first-order chi connectivity index (χ1) is 8.43. The molecule has 0 spiro atoms. The third kappa shape index (κ3) is 5.08. The quantitative estimate of drug-likeness (QED) is 0.475. The third-order valence-corrected chi connectivity index (χ3v) is 2.90. The smallest absolute Gasteiger partial charge is 0.316 e. The van der Waals surface area contributed by atoms with Gasteiger partial charge in [0.15, 0.2) is 0 Å². The van der Waals surface area contributed by atoms with Crippen LogP contribution < -0.4 is 4.74 Å². The molecular weight excluding hydrogens is 296 g/mol. The molecule has 0 bridgehead atoms. The van der Waals surface area contributed by atoms with Crippen LogP contribution in [0.15, 0.2) is 24.3 Å². The van der Waals surface area contributed by atoms with E-state index in [0.29, 0.717) is 6.61 Å². The van der Waals surface area contributed by atoms with Crippen molar-refractivity contribution >= 4 is 21.9 Å². The Kier molecular flexibility index (Phi) is 5.66. The average molecular weight is 315 g/mol. The summed E-state index contributed by atoms with van der Waals surface area (Å²) in [5.74, 6) is 0.513. The van der Waals surface area contributed by atoms with Crippen LogP contribution in [0.4, 0.5) is 0 Å². The summed E-state index contributed by atoms with van der Waals surface area (Å²) >= 11 is 3.02. The number of benzene rings is 1. The lowest BCUT2D eigenvalue weighted by atomic mass is 9.87. The SMILES string of the molecule is CC(C)(C)c1ccc(OCCOC(=O)CBr)cc1. The zero-order valence-electron chi connectivity index (χ0n) is 11.0. The van der Waals surface area contributed by atoms with Crippen LogP contribution in [0.5, 0.6) is 5.75 Å². The molecule has 1 aromatic rings. The van der Waals surface area contributed by atoms with Gasteiger partial charge in [0.1, 0.15) is 24.3 Å². The number of esters is 1. The minimum Gasteiger partial charge on any atom is -0.490 e. The molecule has 0 atom stereocenters. The Labute approximate surface area is 117 Å². The zero-order chi connectivity index (χ0) is 13.6. The van der Waals surface area contributed by atoms with Gasteiger partial charge in [-0.1, -0.05) is 48.8 Å². The predicted molar refractivity (Wildman–Crippen MR) is 75.4 cm³/mol. The molecule has 100 valence electrons. The minimum atomic E-state index is -0.276. The second-order valence-corrected chi connectivity index (χ2v) is 5.54. The highest BCUT2D eigenvalue weighted by Crippen LogP contribution is 2.24. The van der Waals surface area contributed by atoms with Crippen LogP contribution in [0.3, 0.4) is 0 Å². The van der Waals surface area contributed by atoms with E-state index in [2.05, 4.69) is 48.8 Å². The van der Waals surface area contributed by atoms with E-state index in [1.54, 1.807) is 0 Å². The van der Waals surface area contributed by atoms with E-state index in [1.807, 2.05) is 12.1 Å². The summed E-state index contributed by atoms with van der Waals surface area (Å²) in [6, 6.07) is 7.99. The number of hydrogen-bond donors (Lipinski definition) is 0. The molecule has 0 unspecified atom stereocenters. The fourth-order valence-corrected chi connectivity index (χ4v) is 1.57. The maximum absolute atomic E-state index is 10.9. The lowest BCUT2D eigenvalue weighted by Crippen LogP contribution is -2.13. The molecule has 0 N–H and O–H groups in total.